The first-order chi connectivity index (χ1) is 12.8. The maximum atomic E-state index is 14.4. The summed E-state index contributed by atoms with van der Waals surface area (Å²) in [6.07, 6.45) is 1.42. The highest BCUT2D eigenvalue weighted by Gasteiger charge is 2.30. The summed E-state index contributed by atoms with van der Waals surface area (Å²) in [5.74, 6) is -2.34. The van der Waals surface area contributed by atoms with Crippen LogP contribution in [-0.4, -0.2) is 39.6 Å². The fourth-order valence-electron chi connectivity index (χ4n) is 3.16. The highest BCUT2D eigenvalue weighted by atomic mass is 19.1. The molecule has 2 aromatic heterocycles. The third-order valence-electron chi connectivity index (χ3n) is 4.80. The third-order valence-corrected chi connectivity index (χ3v) is 4.80. The Kier molecular flexibility index (Phi) is 4.13. The van der Waals surface area contributed by atoms with E-state index in [0.29, 0.717) is 11.1 Å². The van der Waals surface area contributed by atoms with Crippen molar-refractivity contribution < 1.29 is 22.4 Å². The Labute approximate surface area is 152 Å². The molecule has 0 atom stereocenters. The third kappa shape index (κ3) is 2.94. The van der Waals surface area contributed by atoms with Crippen molar-refractivity contribution in [1.82, 2.24) is 14.5 Å². The summed E-state index contributed by atoms with van der Waals surface area (Å²) < 4.78 is 56.4. The number of halogens is 4. The molecule has 1 aliphatic heterocycles. The Bertz CT molecular complexity index is 1060. The van der Waals surface area contributed by atoms with Gasteiger partial charge in [-0.2, -0.15) is 0 Å². The molecule has 0 unspecified atom stereocenters. The molecule has 0 bridgehead atoms. The maximum Gasteiger partial charge on any atom is 0.242 e. The van der Waals surface area contributed by atoms with E-state index in [1.807, 2.05) is 0 Å². The van der Waals surface area contributed by atoms with E-state index >= 15 is 0 Å². The lowest BCUT2D eigenvalue weighted by Crippen LogP contribution is -2.52. The molecule has 8 heteroatoms. The quantitative estimate of drug-likeness (QED) is 0.654. The van der Waals surface area contributed by atoms with Crippen molar-refractivity contribution in [3.63, 3.8) is 0 Å². The molecule has 3 heterocycles. The van der Waals surface area contributed by atoms with Gasteiger partial charge in [-0.3, -0.25) is 9.78 Å². The molecule has 1 aliphatic rings. The summed E-state index contributed by atoms with van der Waals surface area (Å²) in [6.45, 7) is 1.21. The lowest BCUT2D eigenvalue weighted by Gasteiger charge is -2.34. The number of alkyl halides is 1. The Hall–Kier alpha value is -2.90. The summed E-state index contributed by atoms with van der Waals surface area (Å²) in [6, 6.07) is 3.94. The van der Waals surface area contributed by atoms with Crippen molar-refractivity contribution in [2.75, 3.05) is 13.1 Å². The Balaban J connectivity index is 1.73. The number of likely N-dealkylation sites (tertiary alicyclic amines) is 1. The average Bonchev–Trinajstić information content (AvgIpc) is 2.92. The predicted molar refractivity (Wildman–Crippen MR) is 91.3 cm³/mol. The van der Waals surface area contributed by atoms with Crippen LogP contribution < -0.4 is 0 Å². The number of fused-ring (bicyclic) bond motifs is 1. The number of rotatable bonds is 3. The molecule has 0 N–H and O–H groups in total. The Morgan fingerprint density at radius 2 is 1.96 bits per heavy atom. The molecule has 1 fully saturated rings. The fraction of sp³-hybridized carbons (Fsp3) is 0.263. The molecule has 140 valence electrons. The second kappa shape index (κ2) is 6.37. The molecule has 1 aromatic carbocycles. The largest absolute Gasteiger partial charge is 0.335 e. The number of carbonyl (C=O) groups is 1. The van der Waals surface area contributed by atoms with Crippen LogP contribution in [0.25, 0.3) is 22.2 Å². The number of amides is 1. The minimum Gasteiger partial charge on any atom is -0.335 e. The average molecular weight is 377 g/mol. The van der Waals surface area contributed by atoms with Crippen molar-refractivity contribution in [2.24, 2.45) is 0 Å². The van der Waals surface area contributed by atoms with Gasteiger partial charge in [0.2, 0.25) is 5.91 Å². The molecule has 3 aromatic rings. The van der Waals surface area contributed by atoms with Gasteiger partial charge in [-0.05, 0) is 25.1 Å². The van der Waals surface area contributed by atoms with E-state index in [1.165, 1.54) is 34.7 Å². The van der Waals surface area contributed by atoms with E-state index < -0.39 is 23.6 Å². The summed E-state index contributed by atoms with van der Waals surface area (Å²) in [5.41, 5.74) is 0.686. The van der Waals surface area contributed by atoms with E-state index in [0.717, 1.165) is 12.3 Å². The number of carbonyl (C=O) groups excluding carboxylic acids is 1. The molecule has 0 aliphatic carbocycles. The van der Waals surface area contributed by atoms with Crippen molar-refractivity contribution in [2.45, 2.75) is 19.6 Å². The minimum atomic E-state index is -1.02. The zero-order chi connectivity index (χ0) is 19.3. The van der Waals surface area contributed by atoms with Crippen LogP contribution in [-0.2, 0) is 11.3 Å². The Morgan fingerprint density at radius 3 is 2.67 bits per heavy atom. The summed E-state index contributed by atoms with van der Waals surface area (Å²) in [7, 11) is 0. The van der Waals surface area contributed by atoms with Gasteiger partial charge >= 0.3 is 0 Å². The number of aromatic nitrogens is 2. The van der Waals surface area contributed by atoms with Gasteiger partial charge < -0.3 is 9.47 Å². The second-order valence-electron chi connectivity index (χ2n) is 6.63. The molecular formula is C19H15F4N3O. The van der Waals surface area contributed by atoms with E-state index in [9.17, 15) is 22.4 Å². The Morgan fingerprint density at radius 1 is 1.22 bits per heavy atom. The van der Waals surface area contributed by atoms with Crippen LogP contribution in [0.15, 0.2) is 30.6 Å². The first-order valence-corrected chi connectivity index (χ1v) is 8.36. The molecular weight excluding hydrogens is 362 g/mol. The van der Waals surface area contributed by atoms with Crippen LogP contribution in [0.2, 0.25) is 0 Å². The van der Waals surface area contributed by atoms with Gasteiger partial charge in [-0.25, -0.2) is 17.6 Å². The summed E-state index contributed by atoms with van der Waals surface area (Å²) in [4.78, 5) is 17.5. The molecule has 0 saturated carbocycles. The normalized spacial score (nSPS) is 14.6. The van der Waals surface area contributed by atoms with E-state index in [1.54, 1.807) is 0 Å². The molecule has 27 heavy (non-hydrogen) atoms. The minimum absolute atomic E-state index is 0.0318. The number of nitrogens with zero attached hydrogens (tertiary/aromatic N) is 3. The molecule has 0 radical (unpaired) electrons. The van der Waals surface area contributed by atoms with Crippen LogP contribution in [0.1, 0.15) is 5.56 Å². The van der Waals surface area contributed by atoms with E-state index in [-0.39, 0.29) is 42.2 Å². The maximum absolute atomic E-state index is 14.4. The van der Waals surface area contributed by atoms with Crippen LogP contribution in [0.5, 0.6) is 0 Å². The van der Waals surface area contributed by atoms with Crippen LogP contribution in [0.4, 0.5) is 17.6 Å². The van der Waals surface area contributed by atoms with Crippen molar-refractivity contribution in [1.29, 1.82) is 0 Å². The zero-order valence-corrected chi connectivity index (χ0v) is 14.3. The van der Waals surface area contributed by atoms with Gasteiger partial charge in [0, 0.05) is 29.1 Å². The van der Waals surface area contributed by atoms with Gasteiger partial charge in [0.25, 0.3) is 0 Å². The van der Waals surface area contributed by atoms with Gasteiger partial charge in [0.1, 0.15) is 29.9 Å². The smallest absolute Gasteiger partial charge is 0.242 e. The fourth-order valence-corrected chi connectivity index (χ4v) is 3.16. The van der Waals surface area contributed by atoms with Gasteiger partial charge in [0.15, 0.2) is 5.82 Å². The highest BCUT2D eigenvalue weighted by Crippen LogP contribution is 2.29. The lowest BCUT2D eigenvalue weighted by molar-refractivity contribution is -0.138. The van der Waals surface area contributed by atoms with Gasteiger partial charge in [-0.15, -0.1) is 0 Å². The van der Waals surface area contributed by atoms with Gasteiger partial charge in [0.05, 0.1) is 18.6 Å². The SMILES string of the molecule is Cc1c(F)ccc(-c2cnc3c(F)cn(CC(=O)N4CC(F)C4)c3c2)c1F. The topological polar surface area (TPSA) is 38.1 Å². The number of hydrogen-bond acceptors (Lipinski definition) is 2. The van der Waals surface area contributed by atoms with Crippen molar-refractivity contribution in [3.8, 4) is 11.1 Å². The molecule has 4 rings (SSSR count). The summed E-state index contributed by atoms with van der Waals surface area (Å²) >= 11 is 0. The van der Waals surface area contributed by atoms with Crippen LogP contribution in [0.3, 0.4) is 0 Å². The second-order valence-corrected chi connectivity index (χ2v) is 6.63. The predicted octanol–water partition coefficient (Wildman–Crippen LogP) is 3.61. The van der Waals surface area contributed by atoms with Gasteiger partial charge in [-0.1, -0.05) is 0 Å². The van der Waals surface area contributed by atoms with E-state index in [2.05, 4.69) is 4.98 Å². The van der Waals surface area contributed by atoms with Crippen molar-refractivity contribution in [3.05, 3.63) is 53.6 Å². The summed E-state index contributed by atoms with van der Waals surface area (Å²) in [5, 5.41) is 0. The van der Waals surface area contributed by atoms with Crippen LogP contribution in [0, 0.1) is 24.4 Å². The first-order valence-electron chi connectivity index (χ1n) is 8.36. The van der Waals surface area contributed by atoms with Crippen LogP contribution >= 0.6 is 0 Å². The first kappa shape index (κ1) is 17.5. The zero-order valence-electron chi connectivity index (χ0n) is 14.3. The van der Waals surface area contributed by atoms with E-state index in [4.69, 9.17) is 0 Å². The monoisotopic (exact) mass is 377 g/mol. The highest BCUT2D eigenvalue weighted by molar-refractivity contribution is 5.85. The molecule has 1 amide bonds. The number of hydrogen-bond donors (Lipinski definition) is 0. The molecule has 0 spiro atoms. The number of benzene rings is 1. The molecule has 4 nitrogen and oxygen atoms in total. The lowest BCUT2D eigenvalue weighted by atomic mass is 10.0. The standard InChI is InChI=1S/C19H15F4N3O/c1-10-14(21)3-2-13(18(10)23)11-4-16-19(24-5-11)15(22)8-25(16)9-17(27)26-6-12(20)7-26/h2-5,8,12H,6-7,9H2,1H3. The number of pyridine rings is 1. The molecule has 1 saturated heterocycles. The van der Waals surface area contributed by atoms with Crippen molar-refractivity contribution >= 4 is 16.9 Å².